The molecule has 1 fully saturated rings. The molecular weight excluding hydrogens is 292 g/mol. The van der Waals surface area contributed by atoms with Gasteiger partial charge >= 0.3 is 0 Å². The van der Waals surface area contributed by atoms with Gasteiger partial charge in [-0.15, -0.1) is 0 Å². The van der Waals surface area contributed by atoms with Gasteiger partial charge in [0.2, 0.25) is 11.8 Å². The van der Waals surface area contributed by atoms with Gasteiger partial charge in [-0.25, -0.2) is 0 Å². The molecule has 0 aliphatic heterocycles. The molecule has 1 saturated carbocycles. The number of carbonyl (C=O) groups excluding carboxylic acids is 2. The van der Waals surface area contributed by atoms with Crippen molar-refractivity contribution in [3.05, 3.63) is 24.3 Å². The molecule has 126 valence electrons. The minimum Gasteiger partial charge on any atom is -0.490 e. The lowest BCUT2D eigenvalue weighted by molar-refractivity contribution is -0.130. The molecule has 1 aliphatic rings. The van der Waals surface area contributed by atoms with E-state index in [1.165, 1.54) is 12.8 Å². The molecule has 0 heterocycles. The van der Waals surface area contributed by atoms with Gasteiger partial charge in [-0.05, 0) is 49.9 Å². The summed E-state index contributed by atoms with van der Waals surface area (Å²) in [6, 6.07) is 7.35. The third kappa shape index (κ3) is 5.58. The number of carbonyl (C=O) groups is 2. The molecule has 1 aromatic carbocycles. The van der Waals surface area contributed by atoms with E-state index in [0.29, 0.717) is 11.8 Å². The lowest BCUT2D eigenvalue weighted by Crippen LogP contribution is -2.39. The van der Waals surface area contributed by atoms with E-state index in [1.807, 2.05) is 45.0 Å². The number of benzene rings is 1. The summed E-state index contributed by atoms with van der Waals surface area (Å²) in [6.45, 7) is 5.40. The van der Waals surface area contributed by atoms with Crippen LogP contribution in [0.1, 0.15) is 46.5 Å². The van der Waals surface area contributed by atoms with Gasteiger partial charge in [0.15, 0.2) is 0 Å². The average molecular weight is 318 g/mol. The Balaban J connectivity index is 1.78. The van der Waals surface area contributed by atoms with Crippen molar-refractivity contribution in [1.82, 2.24) is 5.32 Å². The fourth-order valence-electron chi connectivity index (χ4n) is 2.45. The number of rotatable bonds is 5. The molecular formula is C18H26N2O3. The number of amides is 2. The smallest absolute Gasteiger partial charge is 0.243 e. The predicted octanol–water partition coefficient (Wildman–Crippen LogP) is 3.11. The highest BCUT2D eigenvalue weighted by Crippen LogP contribution is 2.24. The third-order valence-electron chi connectivity index (χ3n) is 3.83. The molecule has 0 atom stereocenters. The molecule has 5 heteroatoms. The molecule has 0 bridgehead atoms. The highest BCUT2D eigenvalue weighted by molar-refractivity contribution is 5.95. The lowest BCUT2D eigenvalue weighted by Gasteiger charge is -2.17. The Morgan fingerprint density at radius 2 is 1.74 bits per heavy atom. The molecule has 0 aromatic heterocycles. The number of anilines is 1. The van der Waals surface area contributed by atoms with Crippen LogP contribution in [-0.2, 0) is 9.59 Å². The standard InChI is InChI=1S/C18H26N2O3/c1-18(2,3)17(22)19-12-16(21)20-13-8-10-15(11-9-13)23-14-6-4-5-7-14/h8-11,14H,4-7,12H2,1-3H3,(H,19,22)(H,20,21). The second-order valence-electron chi connectivity index (χ2n) is 7.03. The van der Waals surface area contributed by atoms with Crippen LogP contribution in [0.3, 0.4) is 0 Å². The van der Waals surface area contributed by atoms with Crippen LogP contribution in [0.15, 0.2) is 24.3 Å². The van der Waals surface area contributed by atoms with Crippen LogP contribution in [0.4, 0.5) is 5.69 Å². The van der Waals surface area contributed by atoms with E-state index < -0.39 is 5.41 Å². The van der Waals surface area contributed by atoms with Crippen molar-refractivity contribution >= 4 is 17.5 Å². The lowest BCUT2D eigenvalue weighted by atomic mass is 9.96. The van der Waals surface area contributed by atoms with E-state index in [9.17, 15) is 9.59 Å². The van der Waals surface area contributed by atoms with E-state index in [2.05, 4.69) is 10.6 Å². The van der Waals surface area contributed by atoms with Gasteiger partial charge in [-0.2, -0.15) is 0 Å². The van der Waals surface area contributed by atoms with Crippen molar-refractivity contribution in [3.63, 3.8) is 0 Å². The van der Waals surface area contributed by atoms with Gasteiger partial charge in [0, 0.05) is 11.1 Å². The maximum Gasteiger partial charge on any atom is 0.243 e. The molecule has 0 spiro atoms. The molecule has 2 amide bonds. The Hall–Kier alpha value is -2.04. The minimum absolute atomic E-state index is 0.0313. The van der Waals surface area contributed by atoms with Gasteiger partial charge in [-0.1, -0.05) is 20.8 Å². The molecule has 2 rings (SSSR count). The van der Waals surface area contributed by atoms with E-state index in [-0.39, 0.29) is 18.4 Å². The van der Waals surface area contributed by atoms with Gasteiger partial charge in [0.1, 0.15) is 5.75 Å². The van der Waals surface area contributed by atoms with Crippen LogP contribution in [0.25, 0.3) is 0 Å². The van der Waals surface area contributed by atoms with Crippen LogP contribution in [-0.4, -0.2) is 24.5 Å². The van der Waals surface area contributed by atoms with Gasteiger partial charge in [-0.3, -0.25) is 9.59 Å². The van der Waals surface area contributed by atoms with Crippen LogP contribution < -0.4 is 15.4 Å². The first-order valence-corrected chi connectivity index (χ1v) is 8.19. The summed E-state index contributed by atoms with van der Waals surface area (Å²) in [5.41, 5.74) is 0.193. The maximum atomic E-state index is 11.9. The van der Waals surface area contributed by atoms with Gasteiger partial charge < -0.3 is 15.4 Å². The van der Waals surface area contributed by atoms with Crippen molar-refractivity contribution in [1.29, 1.82) is 0 Å². The zero-order valence-electron chi connectivity index (χ0n) is 14.1. The largest absolute Gasteiger partial charge is 0.490 e. The third-order valence-corrected chi connectivity index (χ3v) is 3.83. The maximum absolute atomic E-state index is 11.9. The summed E-state index contributed by atoms with van der Waals surface area (Å²) in [6.07, 6.45) is 5.03. The predicted molar refractivity (Wildman–Crippen MR) is 90.4 cm³/mol. The number of nitrogens with one attached hydrogen (secondary N) is 2. The molecule has 0 unspecified atom stereocenters. The second kappa shape index (κ2) is 7.49. The summed E-state index contributed by atoms with van der Waals surface area (Å²) in [7, 11) is 0. The van der Waals surface area contributed by atoms with Crippen molar-refractivity contribution in [2.24, 2.45) is 5.41 Å². The first-order valence-electron chi connectivity index (χ1n) is 8.19. The average Bonchev–Trinajstić information content (AvgIpc) is 2.99. The van der Waals surface area contributed by atoms with E-state index >= 15 is 0 Å². The first kappa shape index (κ1) is 17.3. The monoisotopic (exact) mass is 318 g/mol. The molecule has 0 saturated heterocycles. The van der Waals surface area contributed by atoms with Gasteiger partial charge in [0.05, 0.1) is 12.6 Å². The van der Waals surface area contributed by atoms with Crippen LogP contribution in [0.5, 0.6) is 5.75 Å². The zero-order chi connectivity index (χ0) is 16.9. The Morgan fingerprint density at radius 1 is 1.13 bits per heavy atom. The van der Waals surface area contributed by atoms with E-state index in [0.717, 1.165) is 18.6 Å². The van der Waals surface area contributed by atoms with Gasteiger partial charge in [0.25, 0.3) is 0 Å². The number of ether oxygens (including phenoxy) is 1. The molecule has 2 N–H and O–H groups in total. The normalized spacial score (nSPS) is 15.3. The quantitative estimate of drug-likeness (QED) is 0.876. The summed E-state index contributed by atoms with van der Waals surface area (Å²) < 4.78 is 5.88. The highest BCUT2D eigenvalue weighted by Gasteiger charge is 2.21. The Kier molecular flexibility index (Phi) is 5.64. The van der Waals surface area contributed by atoms with Crippen molar-refractivity contribution < 1.29 is 14.3 Å². The van der Waals surface area contributed by atoms with Crippen LogP contribution in [0.2, 0.25) is 0 Å². The van der Waals surface area contributed by atoms with E-state index in [4.69, 9.17) is 4.74 Å². The summed E-state index contributed by atoms with van der Waals surface area (Å²) in [5, 5.41) is 5.39. The number of hydrogen-bond acceptors (Lipinski definition) is 3. The first-order chi connectivity index (χ1) is 10.8. The zero-order valence-corrected chi connectivity index (χ0v) is 14.1. The van der Waals surface area contributed by atoms with Crippen molar-refractivity contribution in [3.8, 4) is 5.75 Å². The molecule has 5 nitrogen and oxygen atoms in total. The molecule has 1 aliphatic carbocycles. The Labute approximate surface area is 137 Å². The second-order valence-corrected chi connectivity index (χ2v) is 7.03. The fraction of sp³-hybridized carbons (Fsp3) is 0.556. The molecule has 1 aromatic rings. The van der Waals surface area contributed by atoms with Crippen molar-refractivity contribution in [2.45, 2.75) is 52.6 Å². The highest BCUT2D eigenvalue weighted by atomic mass is 16.5. The topological polar surface area (TPSA) is 67.4 Å². The van der Waals surface area contributed by atoms with Crippen LogP contribution in [0, 0.1) is 5.41 Å². The SMILES string of the molecule is CC(C)(C)C(=O)NCC(=O)Nc1ccc(OC2CCCC2)cc1. The fourth-order valence-corrected chi connectivity index (χ4v) is 2.45. The Morgan fingerprint density at radius 3 is 2.30 bits per heavy atom. The van der Waals surface area contributed by atoms with E-state index in [1.54, 1.807) is 0 Å². The molecule has 0 radical (unpaired) electrons. The van der Waals surface area contributed by atoms with Crippen LogP contribution >= 0.6 is 0 Å². The summed E-state index contributed by atoms with van der Waals surface area (Å²) in [4.78, 5) is 23.6. The van der Waals surface area contributed by atoms with Crippen molar-refractivity contribution in [2.75, 3.05) is 11.9 Å². The summed E-state index contributed by atoms with van der Waals surface area (Å²) >= 11 is 0. The Bertz CT molecular complexity index is 540. The number of hydrogen-bond donors (Lipinski definition) is 2. The minimum atomic E-state index is -0.500. The molecule has 23 heavy (non-hydrogen) atoms. The summed E-state index contributed by atoms with van der Waals surface area (Å²) in [5.74, 6) is 0.441.